The lowest BCUT2D eigenvalue weighted by Crippen LogP contribution is -2.31. The molecule has 88 valence electrons. The highest BCUT2D eigenvalue weighted by Crippen LogP contribution is 2.27. The maximum absolute atomic E-state index is 10.8. The van der Waals surface area contributed by atoms with Crippen LogP contribution < -0.4 is 4.90 Å². The Morgan fingerprint density at radius 1 is 1.62 bits per heavy atom. The molecule has 0 aromatic carbocycles. The first-order valence-electron chi connectivity index (χ1n) is 4.91. The van der Waals surface area contributed by atoms with Crippen molar-refractivity contribution in [2.75, 3.05) is 11.4 Å². The Bertz CT molecular complexity index is 397. The van der Waals surface area contributed by atoms with Crippen LogP contribution in [0.15, 0.2) is 6.20 Å². The lowest BCUT2D eigenvalue weighted by atomic mass is 10.3. The van der Waals surface area contributed by atoms with Crippen LogP contribution in [0.25, 0.3) is 0 Å². The zero-order valence-electron chi connectivity index (χ0n) is 9.35. The minimum Gasteiger partial charge on any atom is -0.349 e. The quantitative estimate of drug-likeness (QED) is 0.462. The molecule has 0 saturated heterocycles. The highest BCUT2D eigenvalue weighted by Gasteiger charge is 2.23. The molecule has 7 heteroatoms. The second-order valence-electron chi connectivity index (χ2n) is 3.48. The number of halogens is 1. The molecule has 1 heterocycles. The number of rotatable bonds is 4. The number of hydrogen-bond donors (Lipinski definition) is 0. The average Bonchev–Trinajstić information content (AvgIpc) is 2.17. The topological polar surface area (TPSA) is 72.2 Å². The van der Waals surface area contributed by atoms with Gasteiger partial charge in [-0.3, -0.25) is 10.1 Å². The first-order valence-corrected chi connectivity index (χ1v) is 5.28. The third kappa shape index (κ3) is 2.57. The van der Waals surface area contributed by atoms with Gasteiger partial charge in [-0.15, -0.1) is 0 Å². The third-order valence-electron chi connectivity index (χ3n) is 2.15. The Morgan fingerprint density at radius 2 is 2.25 bits per heavy atom. The van der Waals surface area contributed by atoms with Crippen LogP contribution in [0.4, 0.5) is 11.5 Å². The van der Waals surface area contributed by atoms with Gasteiger partial charge in [0.15, 0.2) is 0 Å². The predicted octanol–water partition coefficient (Wildman–Crippen LogP) is 2.27. The highest BCUT2D eigenvalue weighted by atomic mass is 35.5. The molecule has 0 aliphatic rings. The van der Waals surface area contributed by atoms with Crippen LogP contribution >= 0.6 is 11.6 Å². The van der Waals surface area contributed by atoms with Crippen LogP contribution in [0, 0.1) is 10.1 Å². The molecule has 0 aliphatic heterocycles. The van der Waals surface area contributed by atoms with Gasteiger partial charge in [-0.1, -0.05) is 0 Å². The van der Waals surface area contributed by atoms with Gasteiger partial charge in [-0.25, -0.2) is 4.98 Å². The minimum absolute atomic E-state index is 0.0136. The molecule has 0 amide bonds. The van der Waals surface area contributed by atoms with E-state index in [2.05, 4.69) is 9.97 Å². The van der Waals surface area contributed by atoms with Gasteiger partial charge in [0.1, 0.15) is 6.20 Å². The summed E-state index contributed by atoms with van der Waals surface area (Å²) in [5.41, 5.74) is -0.125. The van der Waals surface area contributed by atoms with E-state index in [-0.39, 0.29) is 22.8 Å². The van der Waals surface area contributed by atoms with Gasteiger partial charge >= 0.3 is 5.69 Å². The largest absolute Gasteiger partial charge is 0.349 e. The molecule has 0 spiro atoms. The van der Waals surface area contributed by atoms with Crippen LogP contribution in [0.3, 0.4) is 0 Å². The number of nitro groups is 1. The van der Waals surface area contributed by atoms with Crippen LogP contribution in [-0.4, -0.2) is 27.5 Å². The molecule has 0 aliphatic carbocycles. The molecule has 0 unspecified atom stereocenters. The molecular weight excluding hydrogens is 232 g/mol. The second-order valence-corrected chi connectivity index (χ2v) is 3.82. The Morgan fingerprint density at radius 3 is 2.69 bits per heavy atom. The van der Waals surface area contributed by atoms with Gasteiger partial charge in [-0.2, -0.15) is 4.98 Å². The number of anilines is 1. The van der Waals surface area contributed by atoms with Crippen molar-refractivity contribution < 1.29 is 4.92 Å². The first-order chi connectivity index (χ1) is 7.47. The summed E-state index contributed by atoms with van der Waals surface area (Å²) in [5.74, 6) is 0.266. The lowest BCUT2D eigenvalue weighted by Gasteiger charge is -2.25. The van der Waals surface area contributed by atoms with Crippen LogP contribution in [-0.2, 0) is 0 Å². The van der Waals surface area contributed by atoms with E-state index in [1.807, 2.05) is 20.8 Å². The van der Waals surface area contributed by atoms with Crippen molar-refractivity contribution in [2.45, 2.75) is 26.8 Å². The zero-order valence-corrected chi connectivity index (χ0v) is 10.1. The van der Waals surface area contributed by atoms with Crippen molar-refractivity contribution in [3.05, 3.63) is 21.6 Å². The monoisotopic (exact) mass is 244 g/mol. The average molecular weight is 245 g/mol. The van der Waals surface area contributed by atoms with Crippen molar-refractivity contribution >= 4 is 23.1 Å². The Labute approximate surface area is 98.4 Å². The lowest BCUT2D eigenvalue weighted by molar-refractivity contribution is -0.384. The summed E-state index contributed by atoms with van der Waals surface area (Å²) in [4.78, 5) is 19.7. The fraction of sp³-hybridized carbons (Fsp3) is 0.556. The van der Waals surface area contributed by atoms with Crippen LogP contribution in [0.1, 0.15) is 20.8 Å². The highest BCUT2D eigenvalue weighted by molar-refractivity contribution is 6.28. The van der Waals surface area contributed by atoms with Crippen LogP contribution in [0.2, 0.25) is 5.28 Å². The predicted molar refractivity (Wildman–Crippen MR) is 61.9 cm³/mol. The summed E-state index contributed by atoms with van der Waals surface area (Å²) in [6, 6.07) is 0.106. The summed E-state index contributed by atoms with van der Waals surface area (Å²) < 4.78 is 0. The molecule has 0 fully saturated rings. The number of aromatic nitrogens is 2. The molecule has 1 rings (SSSR count). The molecule has 16 heavy (non-hydrogen) atoms. The second kappa shape index (κ2) is 5.07. The van der Waals surface area contributed by atoms with Crippen molar-refractivity contribution in [3.8, 4) is 0 Å². The van der Waals surface area contributed by atoms with E-state index in [1.165, 1.54) is 0 Å². The molecule has 0 bridgehead atoms. The molecule has 0 saturated carbocycles. The number of hydrogen-bond acceptors (Lipinski definition) is 5. The van der Waals surface area contributed by atoms with E-state index < -0.39 is 4.92 Å². The van der Waals surface area contributed by atoms with E-state index >= 15 is 0 Å². The van der Waals surface area contributed by atoms with Gasteiger partial charge in [0, 0.05) is 12.6 Å². The zero-order chi connectivity index (χ0) is 12.3. The smallest absolute Gasteiger partial charge is 0.329 e. The molecule has 0 radical (unpaired) electrons. The van der Waals surface area contributed by atoms with E-state index in [4.69, 9.17) is 11.6 Å². The van der Waals surface area contributed by atoms with Crippen LogP contribution in [0.5, 0.6) is 0 Å². The SMILES string of the molecule is CCN(c1nc(Cl)ncc1[N+](=O)[O-])C(C)C. The Kier molecular flexibility index (Phi) is 4.00. The van der Waals surface area contributed by atoms with E-state index in [9.17, 15) is 10.1 Å². The van der Waals surface area contributed by atoms with Gasteiger partial charge < -0.3 is 4.90 Å². The van der Waals surface area contributed by atoms with Gasteiger partial charge in [0.25, 0.3) is 0 Å². The van der Waals surface area contributed by atoms with E-state index in [1.54, 1.807) is 4.90 Å². The molecule has 0 N–H and O–H groups in total. The van der Waals surface area contributed by atoms with Gasteiger partial charge in [0.05, 0.1) is 4.92 Å². The molecule has 1 aromatic rings. The maximum Gasteiger partial charge on any atom is 0.329 e. The van der Waals surface area contributed by atoms with Gasteiger partial charge in [0.2, 0.25) is 11.1 Å². The fourth-order valence-electron chi connectivity index (χ4n) is 1.45. The summed E-state index contributed by atoms with van der Waals surface area (Å²) in [5, 5.41) is 10.8. The van der Waals surface area contributed by atoms with E-state index in [0.717, 1.165) is 6.20 Å². The standard InChI is InChI=1S/C9H13ClN4O2/c1-4-13(6(2)3)8-7(14(15)16)5-11-9(10)12-8/h5-6H,4H2,1-3H3. The minimum atomic E-state index is -0.503. The summed E-state index contributed by atoms with van der Waals surface area (Å²) >= 11 is 5.66. The Balaban J connectivity index is 3.27. The van der Waals surface area contributed by atoms with Gasteiger partial charge in [-0.05, 0) is 32.4 Å². The Hall–Kier alpha value is -1.43. The summed E-state index contributed by atoms with van der Waals surface area (Å²) in [7, 11) is 0. The summed E-state index contributed by atoms with van der Waals surface area (Å²) in [6.45, 7) is 6.39. The molecular formula is C9H13ClN4O2. The van der Waals surface area contributed by atoms with Crippen molar-refractivity contribution in [1.29, 1.82) is 0 Å². The molecule has 1 aromatic heterocycles. The van der Waals surface area contributed by atoms with Crippen molar-refractivity contribution in [3.63, 3.8) is 0 Å². The maximum atomic E-state index is 10.8. The fourth-order valence-corrected chi connectivity index (χ4v) is 1.57. The summed E-state index contributed by atoms with van der Waals surface area (Å²) in [6.07, 6.45) is 1.13. The molecule has 6 nitrogen and oxygen atoms in total. The molecule has 0 atom stereocenters. The number of nitrogens with zero attached hydrogens (tertiary/aromatic N) is 4. The van der Waals surface area contributed by atoms with E-state index in [0.29, 0.717) is 6.54 Å². The third-order valence-corrected chi connectivity index (χ3v) is 2.34. The normalized spacial score (nSPS) is 10.6. The first kappa shape index (κ1) is 12.6. The van der Waals surface area contributed by atoms with Crippen molar-refractivity contribution in [1.82, 2.24) is 9.97 Å². The van der Waals surface area contributed by atoms with Crippen molar-refractivity contribution in [2.24, 2.45) is 0 Å².